The average molecular weight is 428 g/mol. The third-order valence-electron chi connectivity index (χ3n) is 4.99. The van der Waals surface area contributed by atoms with Crippen molar-refractivity contribution in [3.8, 4) is 0 Å². The fourth-order valence-electron chi connectivity index (χ4n) is 3.31. The summed E-state index contributed by atoms with van der Waals surface area (Å²) >= 11 is 0. The van der Waals surface area contributed by atoms with E-state index in [1.165, 1.54) is 16.4 Å². The first-order chi connectivity index (χ1) is 14.4. The van der Waals surface area contributed by atoms with E-state index in [-0.39, 0.29) is 23.9 Å². The normalized spacial score (nSPS) is 14.9. The van der Waals surface area contributed by atoms with Crippen molar-refractivity contribution in [3.05, 3.63) is 72.8 Å². The number of sulfonamides is 1. The molecule has 8 heteroatoms. The summed E-state index contributed by atoms with van der Waals surface area (Å²) in [4.78, 5) is 25.8. The molecule has 3 rings (SSSR count). The zero-order chi connectivity index (χ0) is 21.6. The third kappa shape index (κ3) is 5.34. The van der Waals surface area contributed by atoms with Crippen molar-refractivity contribution in [1.82, 2.24) is 9.21 Å². The monoisotopic (exact) mass is 427 g/mol. The smallest absolute Gasteiger partial charge is 0.247 e. The minimum atomic E-state index is -3.71. The van der Waals surface area contributed by atoms with E-state index in [1.54, 1.807) is 17.0 Å². The minimum Gasteiger partial charge on any atom is -0.340 e. The van der Waals surface area contributed by atoms with E-state index in [2.05, 4.69) is 11.9 Å². The standard InChI is InChI=1S/C22H25N3O4S/c1-2-21(26)23-19-9-6-10-20(17-19)30(28,29)25-15-13-24(14-16-25)22(27)12-11-18-7-4-3-5-8-18/h2-10,17H,1,11-16H2,(H,23,26). The highest BCUT2D eigenvalue weighted by molar-refractivity contribution is 7.89. The summed E-state index contributed by atoms with van der Waals surface area (Å²) in [6.45, 7) is 4.58. The van der Waals surface area contributed by atoms with Crippen LogP contribution in [0.5, 0.6) is 0 Å². The molecule has 0 bridgehead atoms. The van der Waals surface area contributed by atoms with Gasteiger partial charge in [-0.05, 0) is 36.3 Å². The highest BCUT2D eigenvalue weighted by atomic mass is 32.2. The van der Waals surface area contributed by atoms with Crippen LogP contribution in [-0.2, 0) is 26.0 Å². The lowest BCUT2D eigenvalue weighted by Crippen LogP contribution is -2.50. The van der Waals surface area contributed by atoms with Gasteiger partial charge in [0.05, 0.1) is 4.90 Å². The van der Waals surface area contributed by atoms with Gasteiger partial charge in [-0.15, -0.1) is 0 Å². The Bertz CT molecular complexity index is 1010. The van der Waals surface area contributed by atoms with E-state index >= 15 is 0 Å². The molecule has 30 heavy (non-hydrogen) atoms. The van der Waals surface area contributed by atoms with Crippen LogP contribution in [0.2, 0.25) is 0 Å². The van der Waals surface area contributed by atoms with E-state index in [4.69, 9.17) is 0 Å². The summed E-state index contributed by atoms with van der Waals surface area (Å²) in [6, 6.07) is 15.9. The number of hydrogen-bond donors (Lipinski definition) is 1. The van der Waals surface area contributed by atoms with Gasteiger partial charge in [-0.25, -0.2) is 8.42 Å². The van der Waals surface area contributed by atoms with Gasteiger partial charge in [0.25, 0.3) is 0 Å². The van der Waals surface area contributed by atoms with E-state index in [9.17, 15) is 18.0 Å². The molecule has 0 saturated carbocycles. The van der Waals surface area contributed by atoms with Crippen LogP contribution in [0.25, 0.3) is 0 Å². The van der Waals surface area contributed by atoms with Crippen molar-refractivity contribution in [2.75, 3.05) is 31.5 Å². The van der Waals surface area contributed by atoms with Gasteiger partial charge in [0.15, 0.2) is 0 Å². The number of amides is 2. The summed E-state index contributed by atoms with van der Waals surface area (Å²) in [5.41, 5.74) is 1.49. The first-order valence-corrected chi connectivity index (χ1v) is 11.2. The molecule has 2 amide bonds. The molecular formula is C22H25N3O4S. The number of rotatable bonds is 7. The number of hydrogen-bond acceptors (Lipinski definition) is 4. The number of nitrogens with zero attached hydrogens (tertiary/aromatic N) is 2. The van der Waals surface area contributed by atoms with Crippen LogP contribution in [0.1, 0.15) is 12.0 Å². The molecule has 2 aromatic rings. The third-order valence-corrected chi connectivity index (χ3v) is 6.88. The molecule has 0 aromatic heterocycles. The van der Waals surface area contributed by atoms with Gasteiger partial charge >= 0.3 is 0 Å². The Balaban J connectivity index is 1.58. The molecule has 0 aliphatic carbocycles. The summed E-state index contributed by atoms with van der Waals surface area (Å²) in [5.74, 6) is -0.378. The van der Waals surface area contributed by atoms with Crippen LogP contribution in [0.4, 0.5) is 5.69 Å². The van der Waals surface area contributed by atoms with Crippen molar-refractivity contribution in [3.63, 3.8) is 0 Å². The maximum atomic E-state index is 13.0. The number of carbonyl (C=O) groups is 2. The second-order valence-corrected chi connectivity index (χ2v) is 8.93. The fourth-order valence-corrected chi connectivity index (χ4v) is 4.78. The Morgan fingerprint density at radius 2 is 1.70 bits per heavy atom. The van der Waals surface area contributed by atoms with Gasteiger partial charge in [-0.3, -0.25) is 9.59 Å². The van der Waals surface area contributed by atoms with Crippen molar-refractivity contribution in [2.45, 2.75) is 17.7 Å². The van der Waals surface area contributed by atoms with E-state index in [0.29, 0.717) is 31.6 Å². The largest absolute Gasteiger partial charge is 0.340 e. The zero-order valence-corrected chi connectivity index (χ0v) is 17.5. The minimum absolute atomic E-state index is 0.0324. The molecule has 1 saturated heterocycles. The molecule has 0 radical (unpaired) electrons. The predicted octanol–water partition coefficient (Wildman–Crippen LogP) is 2.28. The number of nitrogens with one attached hydrogen (secondary N) is 1. The highest BCUT2D eigenvalue weighted by Crippen LogP contribution is 2.21. The van der Waals surface area contributed by atoms with E-state index < -0.39 is 15.9 Å². The topological polar surface area (TPSA) is 86.8 Å². The van der Waals surface area contributed by atoms with Crippen LogP contribution >= 0.6 is 0 Å². The molecule has 158 valence electrons. The summed E-state index contributed by atoms with van der Waals surface area (Å²) < 4.78 is 27.3. The van der Waals surface area contributed by atoms with Crippen molar-refractivity contribution < 1.29 is 18.0 Å². The molecule has 0 unspecified atom stereocenters. The molecule has 2 aromatic carbocycles. The van der Waals surface area contributed by atoms with E-state index in [1.807, 2.05) is 30.3 Å². The van der Waals surface area contributed by atoms with E-state index in [0.717, 1.165) is 11.6 Å². The molecule has 0 atom stereocenters. The first kappa shape index (κ1) is 21.7. The SMILES string of the molecule is C=CC(=O)Nc1cccc(S(=O)(=O)N2CCN(C(=O)CCc3ccccc3)CC2)c1. The van der Waals surface area contributed by atoms with Crippen molar-refractivity contribution >= 4 is 27.5 Å². The molecule has 7 nitrogen and oxygen atoms in total. The molecular weight excluding hydrogens is 402 g/mol. The molecule has 1 aliphatic heterocycles. The van der Waals surface area contributed by atoms with Gasteiger partial charge in [-0.1, -0.05) is 43.0 Å². The lowest BCUT2D eigenvalue weighted by atomic mass is 10.1. The summed E-state index contributed by atoms with van der Waals surface area (Å²) in [7, 11) is -3.71. The number of benzene rings is 2. The Morgan fingerprint density at radius 3 is 2.37 bits per heavy atom. The molecule has 0 spiro atoms. The Labute approximate surface area is 177 Å². The van der Waals surface area contributed by atoms with Gasteiger partial charge in [-0.2, -0.15) is 4.31 Å². The molecule has 1 N–H and O–H groups in total. The van der Waals surface area contributed by atoms with Crippen molar-refractivity contribution in [2.24, 2.45) is 0 Å². The Hall–Kier alpha value is -2.97. The Kier molecular flexibility index (Phi) is 7.02. The molecule has 1 aliphatic rings. The second kappa shape index (κ2) is 9.69. The van der Waals surface area contributed by atoms with Crippen LogP contribution in [-0.4, -0.2) is 55.6 Å². The van der Waals surface area contributed by atoms with Gasteiger partial charge in [0.2, 0.25) is 21.8 Å². The quantitative estimate of drug-likeness (QED) is 0.687. The van der Waals surface area contributed by atoms with Crippen LogP contribution < -0.4 is 5.32 Å². The van der Waals surface area contributed by atoms with Crippen molar-refractivity contribution in [1.29, 1.82) is 0 Å². The second-order valence-electron chi connectivity index (χ2n) is 6.99. The first-order valence-electron chi connectivity index (χ1n) is 9.75. The lowest BCUT2D eigenvalue weighted by molar-refractivity contribution is -0.132. The summed E-state index contributed by atoms with van der Waals surface area (Å²) in [6.07, 6.45) is 2.19. The molecule has 1 heterocycles. The number of anilines is 1. The highest BCUT2D eigenvalue weighted by Gasteiger charge is 2.30. The Morgan fingerprint density at radius 1 is 1.00 bits per heavy atom. The number of piperazine rings is 1. The lowest BCUT2D eigenvalue weighted by Gasteiger charge is -2.34. The summed E-state index contributed by atoms with van der Waals surface area (Å²) in [5, 5.41) is 2.56. The fraction of sp³-hybridized carbons (Fsp3) is 0.273. The average Bonchev–Trinajstić information content (AvgIpc) is 2.78. The predicted molar refractivity (Wildman–Crippen MR) is 115 cm³/mol. The van der Waals surface area contributed by atoms with Crippen LogP contribution in [0.3, 0.4) is 0 Å². The maximum Gasteiger partial charge on any atom is 0.247 e. The van der Waals surface area contributed by atoms with Crippen LogP contribution in [0.15, 0.2) is 72.1 Å². The maximum absolute atomic E-state index is 13.0. The van der Waals surface area contributed by atoms with Gasteiger partial charge < -0.3 is 10.2 Å². The number of aryl methyl sites for hydroxylation is 1. The van der Waals surface area contributed by atoms with Gasteiger partial charge in [0, 0.05) is 38.3 Å². The van der Waals surface area contributed by atoms with Crippen LogP contribution in [0, 0.1) is 0 Å². The zero-order valence-electron chi connectivity index (χ0n) is 16.7. The van der Waals surface area contributed by atoms with Gasteiger partial charge in [0.1, 0.15) is 0 Å². The number of carbonyl (C=O) groups excluding carboxylic acids is 2. The molecule has 1 fully saturated rings.